The number of aliphatic hydroxyl groups is 4. The molecule has 1 fully saturated rings. The Bertz CT molecular complexity index is 327. The Kier molecular flexibility index (Phi) is 11.9. The third kappa shape index (κ3) is 7.89. The highest BCUT2D eigenvalue weighted by atomic mass is 16.6. The first-order valence-corrected chi connectivity index (χ1v) is 9.97. The predicted molar refractivity (Wildman–Crippen MR) is 96.1 cm³/mol. The maximum Gasteiger partial charge on any atom is 0.184 e. The van der Waals surface area contributed by atoms with Crippen molar-refractivity contribution in [3.63, 3.8) is 0 Å². The Labute approximate surface area is 152 Å². The fraction of sp³-hybridized carbons (Fsp3) is 1.00. The minimum Gasteiger partial charge on any atom is -0.394 e. The minimum atomic E-state index is -1.45. The van der Waals surface area contributed by atoms with E-state index in [2.05, 4.69) is 13.8 Å². The number of unbranched alkanes of at least 4 members (excludes halogenated alkanes) is 5. The standard InChI is InChI=1S/C19H38O6/c1-3-5-7-8-9-11-14(10-6-4-2)13-24-18-16(21)15(12-20)25-19(23)17(18)22/h14-23H,3-13H2,1-2H3/t14-,15?,16-,17-,18?,19?/m0/s1. The Morgan fingerprint density at radius 2 is 1.52 bits per heavy atom. The molecule has 1 heterocycles. The van der Waals surface area contributed by atoms with Crippen molar-refractivity contribution in [2.75, 3.05) is 13.2 Å². The number of hydrogen-bond acceptors (Lipinski definition) is 6. The maximum absolute atomic E-state index is 10.2. The lowest BCUT2D eigenvalue weighted by Gasteiger charge is -2.40. The molecule has 6 nitrogen and oxygen atoms in total. The van der Waals surface area contributed by atoms with Crippen LogP contribution in [0.4, 0.5) is 0 Å². The molecule has 25 heavy (non-hydrogen) atoms. The minimum absolute atomic E-state index is 0.383. The molecule has 1 saturated heterocycles. The maximum atomic E-state index is 10.2. The molecule has 0 radical (unpaired) electrons. The van der Waals surface area contributed by atoms with E-state index in [0.717, 1.165) is 25.7 Å². The molecule has 0 spiro atoms. The van der Waals surface area contributed by atoms with Crippen molar-refractivity contribution in [1.82, 2.24) is 0 Å². The van der Waals surface area contributed by atoms with Crippen molar-refractivity contribution in [3.05, 3.63) is 0 Å². The van der Waals surface area contributed by atoms with Crippen LogP contribution in [0.2, 0.25) is 0 Å². The van der Waals surface area contributed by atoms with Gasteiger partial charge < -0.3 is 29.9 Å². The molecule has 0 aromatic rings. The fourth-order valence-corrected chi connectivity index (χ4v) is 3.35. The van der Waals surface area contributed by atoms with Crippen molar-refractivity contribution in [2.24, 2.45) is 5.92 Å². The van der Waals surface area contributed by atoms with Gasteiger partial charge in [-0.3, -0.25) is 0 Å². The van der Waals surface area contributed by atoms with Crippen LogP contribution in [0.5, 0.6) is 0 Å². The summed E-state index contributed by atoms with van der Waals surface area (Å²) in [6.45, 7) is 4.38. The van der Waals surface area contributed by atoms with Gasteiger partial charge in [-0.05, 0) is 18.8 Å². The number of aliphatic hydroxyl groups excluding tert-OH is 4. The summed E-state index contributed by atoms with van der Waals surface area (Å²) < 4.78 is 10.8. The first-order valence-electron chi connectivity index (χ1n) is 9.97. The quantitative estimate of drug-likeness (QED) is 0.374. The largest absolute Gasteiger partial charge is 0.394 e. The van der Waals surface area contributed by atoms with Crippen molar-refractivity contribution >= 4 is 0 Å². The van der Waals surface area contributed by atoms with E-state index in [-0.39, 0.29) is 0 Å². The smallest absolute Gasteiger partial charge is 0.184 e. The van der Waals surface area contributed by atoms with Crippen LogP contribution in [0.15, 0.2) is 0 Å². The molecule has 4 N–H and O–H groups in total. The Morgan fingerprint density at radius 1 is 0.880 bits per heavy atom. The molecule has 3 unspecified atom stereocenters. The summed E-state index contributed by atoms with van der Waals surface area (Å²) in [5, 5.41) is 39.2. The van der Waals surface area contributed by atoms with Gasteiger partial charge in [0.1, 0.15) is 24.4 Å². The second-order valence-corrected chi connectivity index (χ2v) is 7.24. The third-order valence-electron chi connectivity index (χ3n) is 5.05. The molecule has 6 heteroatoms. The van der Waals surface area contributed by atoms with E-state index in [1.165, 1.54) is 32.1 Å². The van der Waals surface area contributed by atoms with Gasteiger partial charge in [-0.1, -0.05) is 58.8 Å². The summed E-state index contributed by atoms with van der Waals surface area (Å²) in [5.41, 5.74) is 0. The van der Waals surface area contributed by atoms with E-state index in [1.807, 2.05) is 0 Å². The monoisotopic (exact) mass is 362 g/mol. The predicted octanol–water partition coefficient (Wildman–Crippen LogP) is 1.97. The molecule has 6 atom stereocenters. The van der Waals surface area contributed by atoms with E-state index in [0.29, 0.717) is 12.5 Å². The molecule has 0 aromatic heterocycles. The van der Waals surface area contributed by atoms with Crippen LogP contribution in [0.25, 0.3) is 0 Å². The Balaban J connectivity index is 2.48. The van der Waals surface area contributed by atoms with E-state index < -0.39 is 37.3 Å². The molecule has 0 aliphatic carbocycles. The lowest BCUT2D eigenvalue weighted by molar-refractivity contribution is -0.295. The van der Waals surface area contributed by atoms with Crippen LogP contribution in [0.3, 0.4) is 0 Å². The van der Waals surface area contributed by atoms with E-state index in [9.17, 15) is 20.4 Å². The van der Waals surface area contributed by atoms with Crippen molar-refractivity contribution in [3.8, 4) is 0 Å². The van der Waals surface area contributed by atoms with Crippen LogP contribution in [0.1, 0.15) is 71.6 Å². The van der Waals surface area contributed by atoms with Gasteiger partial charge in [-0.25, -0.2) is 0 Å². The highest BCUT2D eigenvalue weighted by Gasteiger charge is 2.44. The van der Waals surface area contributed by atoms with Crippen LogP contribution in [-0.4, -0.2) is 64.3 Å². The Hall–Kier alpha value is -0.240. The average molecular weight is 363 g/mol. The lowest BCUT2D eigenvalue weighted by atomic mass is 9.95. The van der Waals surface area contributed by atoms with Crippen molar-refractivity contribution in [2.45, 2.75) is 102 Å². The number of ether oxygens (including phenoxy) is 2. The van der Waals surface area contributed by atoms with Crippen molar-refractivity contribution in [1.29, 1.82) is 0 Å². The van der Waals surface area contributed by atoms with Gasteiger partial charge in [0.25, 0.3) is 0 Å². The molecule has 150 valence electrons. The second-order valence-electron chi connectivity index (χ2n) is 7.24. The summed E-state index contributed by atoms with van der Waals surface area (Å²) in [6.07, 6.45) is 4.76. The van der Waals surface area contributed by atoms with Gasteiger partial charge in [0, 0.05) is 0 Å². The zero-order valence-corrected chi connectivity index (χ0v) is 15.8. The number of hydrogen-bond donors (Lipinski definition) is 4. The molecule has 1 aliphatic rings. The third-order valence-corrected chi connectivity index (χ3v) is 5.05. The second kappa shape index (κ2) is 13.0. The lowest BCUT2D eigenvalue weighted by Crippen LogP contribution is -2.59. The SMILES string of the molecule is CCCCCCC[C@H](CCCC)COC1[C@H](O)C(O)OC(CO)[C@@H]1O. The average Bonchev–Trinajstić information content (AvgIpc) is 2.61. The van der Waals surface area contributed by atoms with Gasteiger partial charge in [-0.15, -0.1) is 0 Å². The summed E-state index contributed by atoms with van der Waals surface area (Å²) in [7, 11) is 0. The molecule has 0 bridgehead atoms. The zero-order valence-electron chi connectivity index (χ0n) is 15.8. The normalized spacial score (nSPS) is 31.2. The summed E-state index contributed by atoms with van der Waals surface area (Å²) >= 11 is 0. The van der Waals surface area contributed by atoms with Gasteiger partial charge in [-0.2, -0.15) is 0 Å². The first kappa shape index (κ1) is 22.8. The molecule has 1 aliphatic heterocycles. The number of rotatable bonds is 13. The van der Waals surface area contributed by atoms with Crippen LogP contribution in [0, 0.1) is 5.92 Å². The molecular formula is C19H38O6. The summed E-state index contributed by atoms with van der Waals surface area (Å²) in [6, 6.07) is 0. The topological polar surface area (TPSA) is 99.4 Å². The van der Waals surface area contributed by atoms with Gasteiger partial charge in [0.15, 0.2) is 6.29 Å². The van der Waals surface area contributed by atoms with E-state index >= 15 is 0 Å². The highest BCUT2D eigenvalue weighted by molar-refractivity contribution is 4.89. The van der Waals surface area contributed by atoms with Crippen molar-refractivity contribution < 1.29 is 29.9 Å². The Morgan fingerprint density at radius 3 is 2.16 bits per heavy atom. The van der Waals surface area contributed by atoms with Crippen LogP contribution >= 0.6 is 0 Å². The first-order chi connectivity index (χ1) is 12.0. The van der Waals surface area contributed by atoms with Gasteiger partial charge >= 0.3 is 0 Å². The fourth-order valence-electron chi connectivity index (χ4n) is 3.35. The summed E-state index contributed by atoms with van der Waals surface area (Å²) in [5.74, 6) is 0.383. The highest BCUT2D eigenvalue weighted by Crippen LogP contribution is 2.25. The van der Waals surface area contributed by atoms with E-state index in [4.69, 9.17) is 9.47 Å². The van der Waals surface area contributed by atoms with Crippen LogP contribution < -0.4 is 0 Å². The zero-order chi connectivity index (χ0) is 18.7. The molecule has 1 rings (SSSR count). The summed E-state index contributed by atoms with van der Waals surface area (Å²) in [4.78, 5) is 0. The molecule has 0 saturated carbocycles. The van der Waals surface area contributed by atoms with E-state index in [1.54, 1.807) is 0 Å². The molecular weight excluding hydrogens is 324 g/mol. The molecule has 0 amide bonds. The van der Waals surface area contributed by atoms with Gasteiger partial charge in [0.2, 0.25) is 0 Å². The molecule has 0 aromatic carbocycles. The van der Waals surface area contributed by atoms with Gasteiger partial charge in [0.05, 0.1) is 13.2 Å². The van der Waals surface area contributed by atoms with Crippen LogP contribution in [-0.2, 0) is 9.47 Å².